The standard InChI is InChI=1S/C20H24FN7O.C19H22FN7O/c1-27(2)20(29)28-8-4-5-13(12-28)9-23-19-16(21)11-25-18(26-19)15-10-24-17-14(15)6-3-7-22-17;1-21-19(28)27-7-3-4-12(11-27)8-23-18-15(20)10-25-17(26-18)14-9-24-16-13(14)5-2-6-22-16/h3,6-7,10-11,13H,4-5,8-9,12H2,1-2H3,(H,22,24)(H,23,25,26);2,5-6,9-10,12H,3-4,7-8,11H2,1H3,(H,21,28)(H,22,24)(H,23,25,26). The smallest absolute Gasteiger partial charge is 0.319 e. The van der Waals surface area contributed by atoms with Gasteiger partial charge in [-0.25, -0.2) is 48.3 Å². The Kier molecular flexibility index (Phi) is 12.0. The number of pyridine rings is 2. The van der Waals surface area contributed by atoms with Crippen molar-refractivity contribution < 1.29 is 18.4 Å². The number of piperidine rings is 2. The first-order valence-electron chi connectivity index (χ1n) is 19.0. The molecule has 0 spiro atoms. The molecule has 0 radical (unpaired) electrons. The number of nitrogens with one attached hydrogen (secondary N) is 5. The molecule has 4 amide bonds. The number of hydrogen-bond donors (Lipinski definition) is 5. The van der Waals surface area contributed by atoms with Crippen molar-refractivity contribution in [3.63, 3.8) is 0 Å². The van der Waals surface area contributed by atoms with E-state index in [9.17, 15) is 18.4 Å². The van der Waals surface area contributed by atoms with E-state index in [4.69, 9.17) is 0 Å². The minimum atomic E-state index is -0.499. The molecule has 6 aromatic rings. The highest BCUT2D eigenvalue weighted by Gasteiger charge is 2.26. The van der Waals surface area contributed by atoms with Gasteiger partial charge in [-0.05, 0) is 61.8 Å². The van der Waals surface area contributed by atoms with Crippen LogP contribution in [0.1, 0.15) is 25.7 Å². The van der Waals surface area contributed by atoms with Crippen LogP contribution in [0.15, 0.2) is 61.4 Å². The fraction of sp³-hybridized carbons (Fsp3) is 0.385. The Hall–Kier alpha value is -6.46. The highest BCUT2D eigenvalue weighted by atomic mass is 19.1. The molecule has 6 aromatic heterocycles. The number of H-pyrrole nitrogens is 2. The maximum atomic E-state index is 14.3. The van der Waals surface area contributed by atoms with E-state index in [0.717, 1.165) is 72.0 Å². The van der Waals surface area contributed by atoms with Crippen LogP contribution in [0.25, 0.3) is 44.8 Å². The third-order valence-electron chi connectivity index (χ3n) is 10.2. The van der Waals surface area contributed by atoms with Gasteiger partial charge in [0.25, 0.3) is 0 Å². The second kappa shape index (κ2) is 17.6. The second-order valence-corrected chi connectivity index (χ2v) is 14.4. The quantitative estimate of drug-likeness (QED) is 0.130. The number of aromatic nitrogens is 8. The molecule has 2 unspecified atom stereocenters. The summed E-state index contributed by atoms with van der Waals surface area (Å²) in [4.78, 5) is 61.0. The number of halogens is 2. The lowest BCUT2D eigenvalue weighted by Crippen LogP contribution is -2.46. The molecule has 8 heterocycles. The number of fused-ring (bicyclic) bond motifs is 2. The van der Waals surface area contributed by atoms with Gasteiger partial charge in [-0.3, -0.25) is 0 Å². The summed E-state index contributed by atoms with van der Waals surface area (Å²) >= 11 is 0. The fourth-order valence-corrected chi connectivity index (χ4v) is 7.27. The minimum Gasteiger partial charge on any atom is -0.367 e. The zero-order valence-electron chi connectivity index (χ0n) is 32.1. The van der Waals surface area contributed by atoms with E-state index in [1.54, 1.807) is 55.7 Å². The third kappa shape index (κ3) is 9.00. The maximum absolute atomic E-state index is 14.3. The topological polar surface area (TPSA) is 189 Å². The Balaban J connectivity index is 0.000000174. The summed E-state index contributed by atoms with van der Waals surface area (Å²) in [5, 5.41) is 10.6. The fourth-order valence-electron chi connectivity index (χ4n) is 7.27. The summed E-state index contributed by atoms with van der Waals surface area (Å²) in [7, 11) is 5.13. The van der Waals surface area contributed by atoms with Gasteiger partial charge in [0.05, 0.1) is 12.4 Å². The average Bonchev–Trinajstić information content (AvgIpc) is 3.88. The lowest BCUT2D eigenvalue weighted by atomic mass is 9.98. The molecule has 2 aliphatic rings. The number of amides is 4. The van der Waals surface area contributed by atoms with Crippen molar-refractivity contribution in [2.24, 2.45) is 11.8 Å². The Morgan fingerprint density at radius 3 is 1.75 bits per heavy atom. The molecule has 8 rings (SSSR count). The van der Waals surface area contributed by atoms with Gasteiger partial charge >= 0.3 is 12.1 Å². The van der Waals surface area contributed by atoms with Gasteiger partial charge in [-0.1, -0.05) is 0 Å². The lowest BCUT2D eigenvalue weighted by Gasteiger charge is -2.34. The maximum Gasteiger partial charge on any atom is 0.319 e. The summed E-state index contributed by atoms with van der Waals surface area (Å²) in [5.74, 6) is 0.679. The Bertz CT molecular complexity index is 2330. The molecule has 0 aliphatic carbocycles. The first-order chi connectivity index (χ1) is 27.7. The summed E-state index contributed by atoms with van der Waals surface area (Å²) < 4.78 is 28.6. The van der Waals surface area contributed by atoms with Crippen LogP contribution < -0.4 is 16.0 Å². The lowest BCUT2D eigenvalue weighted by molar-refractivity contribution is 0.145. The molecule has 0 bridgehead atoms. The Morgan fingerprint density at radius 2 is 1.26 bits per heavy atom. The summed E-state index contributed by atoms with van der Waals surface area (Å²) in [6.07, 6.45) is 13.2. The van der Waals surface area contributed by atoms with Crippen molar-refractivity contribution in [3.8, 4) is 22.8 Å². The minimum absolute atomic E-state index is 0.0122. The predicted molar refractivity (Wildman–Crippen MR) is 213 cm³/mol. The zero-order valence-corrected chi connectivity index (χ0v) is 32.1. The number of rotatable bonds is 8. The van der Waals surface area contributed by atoms with E-state index < -0.39 is 11.6 Å². The SMILES string of the molecule is CN(C)C(=O)N1CCCC(CNc2nc(-c3c[nH]c4ncccc34)ncc2F)C1.CNC(=O)N1CCCC(CNc2nc(-c3c[nH]c4ncccc34)ncc2F)C1. The molecule has 18 heteroatoms. The van der Waals surface area contributed by atoms with Crippen LogP contribution in [0, 0.1) is 23.5 Å². The van der Waals surface area contributed by atoms with Crippen LogP contribution in [0.5, 0.6) is 0 Å². The molecule has 0 aromatic carbocycles. The van der Waals surface area contributed by atoms with E-state index in [2.05, 4.69) is 55.8 Å². The summed E-state index contributed by atoms with van der Waals surface area (Å²) in [6.45, 7) is 3.87. The van der Waals surface area contributed by atoms with Crippen molar-refractivity contribution >= 4 is 45.8 Å². The van der Waals surface area contributed by atoms with Crippen LogP contribution in [-0.4, -0.2) is 127 Å². The van der Waals surface area contributed by atoms with Crippen LogP contribution in [0.2, 0.25) is 0 Å². The largest absolute Gasteiger partial charge is 0.367 e. The van der Waals surface area contributed by atoms with Gasteiger partial charge in [-0.2, -0.15) is 0 Å². The number of nitrogens with zero attached hydrogens (tertiary/aromatic N) is 9. The molecule has 2 atom stereocenters. The predicted octanol–water partition coefficient (Wildman–Crippen LogP) is 5.59. The van der Waals surface area contributed by atoms with E-state index in [0.29, 0.717) is 37.8 Å². The van der Waals surface area contributed by atoms with Gasteiger partial charge in [0.2, 0.25) is 0 Å². The molecule has 2 saturated heterocycles. The number of carbonyl (C=O) groups is 2. The molecule has 57 heavy (non-hydrogen) atoms. The van der Waals surface area contributed by atoms with Crippen LogP contribution in [0.3, 0.4) is 0 Å². The third-order valence-corrected chi connectivity index (χ3v) is 10.2. The Morgan fingerprint density at radius 1 is 0.772 bits per heavy atom. The first-order valence-corrected chi connectivity index (χ1v) is 19.0. The van der Waals surface area contributed by atoms with Crippen LogP contribution in [-0.2, 0) is 0 Å². The normalized spacial score (nSPS) is 16.9. The van der Waals surface area contributed by atoms with E-state index in [1.165, 1.54) is 12.4 Å². The summed E-state index contributed by atoms with van der Waals surface area (Å²) in [5.41, 5.74) is 3.01. The highest BCUT2D eigenvalue weighted by molar-refractivity contribution is 5.92. The van der Waals surface area contributed by atoms with Crippen LogP contribution >= 0.6 is 0 Å². The first kappa shape index (κ1) is 38.8. The van der Waals surface area contributed by atoms with E-state index in [1.807, 2.05) is 29.2 Å². The molecular weight excluding hydrogens is 735 g/mol. The molecule has 2 fully saturated rings. The van der Waals surface area contributed by atoms with Crippen molar-refractivity contribution in [2.75, 3.05) is 71.0 Å². The molecule has 5 N–H and O–H groups in total. The van der Waals surface area contributed by atoms with Gasteiger partial charge in [-0.15, -0.1) is 0 Å². The van der Waals surface area contributed by atoms with Gasteiger partial charge in [0.1, 0.15) is 11.3 Å². The number of urea groups is 2. The van der Waals surface area contributed by atoms with E-state index >= 15 is 0 Å². The highest BCUT2D eigenvalue weighted by Crippen LogP contribution is 2.28. The van der Waals surface area contributed by atoms with Crippen molar-refractivity contribution in [3.05, 3.63) is 73.1 Å². The second-order valence-electron chi connectivity index (χ2n) is 14.4. The number of aromatic amines is 2. The van der Waals surface area contributed by atoms with Crippen molar-refractivity contribution in [2.45, 2.75) is 25.7 Å². The number of anilines is 2. The molecule has 0 saturated carbocycles. The molecular formula is C39H46F2N14O2. The van der Waals surface area contributed by atoms with Gasteiger partial charge in [0.15, 0.2) is 34.9 Å². The van der Waals surface area contributed by atoms with Crippen molar-refractivity contribution in [1.82, 2.24) is 59.9 Å². The number of carbonyl (C=O) groups excluding carboxylic acids is 2. The zero-order chi connectivity index (χ0) is 39.9. The number of hydrogen-bond acceptors (Lipinski definition) is 10. The summed E-state index contributed by atoms with van der Waals surface area (Å²) in [6, 6.07) is 7.46. The van der Waals surface area contributed by atoms with Gasteiger partial charge < -0.3 is 40.6 Å². The monoisotopic (exact) mass is 780 g/mol. The average molecular weight is 781 g/mol. The molecule has 298 valence electrons. The van der Waals surface area contributed by atoms with E-state index in [-0.39, 0.29) is 35.5 Å². The molecule has 16 nitrogen and oxygen atoms in total. The molecule has 2 aliphatic heterocycles. The van der Waals surface area contributed by atoms with Crippen LogP contribution in [0.4, 0.5) is 30.0 Å². The number of likely N-dealkylation sites (tertiary alicyclic amines) is 2. The van der Waals surface area contributed by atoms with Crippen molar-refractivity contribution in [1.29, 1.82) is 0 Å². The Labute approximate surface area is 327 Å². The van der Waals surface area contributed by atoms with Gasteiger partial charge in [0, 0.05) is 107 Å².